The zero-order valence-corrected chi connectivity index (χ0v) is 38.0. The number of amides is 1. The first-order valence-electron chi connectivity index (χ1n) is 25.0. The van der Waals surface area contributed by atoms with Gasteiger partial charge in [-0.05, 0) is 70.6 Å². The summed E-state index contributed by atoms with van der Waals surface area (Å²) in [5.41, 5.74) is 0. The molecule has 0 rings (SSSR count). The van der Waals surface area contributed by atoms with Crippen molar-refractivity contribution in [1.29, 1.82) is 0 Å². The van der Waals surface area contributed by atoms with E-state index in [1.807, 2.05) is 6.08 Å². The van der Waals surface area contributed by atoms with Crippen LogP contribution in [0, 0.1) is 0 Å². The molecule has 0 aliphatic rings. The molecule has 0 aliphatic carbocycles. The first-order chi connectivity index (χ1) is 28.1. The molecule has 0 aliphatic heterocycles. The van der Waals surface area contributed by atoms with Gasteiger partial charge in [-0.3, -0.25) is 4.79 Å². The van der Waals surface area contributed by atoms with E-state index in [0.29, 0.717) is 6.42 Å². The zero-order chi connectivity index (χ0) is 41.5. The van der Waals surface area contributed by atoms with Crippen molar-refractivity contribution in [3.63, 3.8) is 0 Å². The van der Waals surface area contributed by atoms with E-state index < -0.39 is 24.2 Å². The summed E-state index contributed by atoms with van der Waals surface area (Å²) in [7, 11) is 0. The van der Waals surface area contributed by atoms with Crippen molar-refractivity contribution in [1.82, 2.24) is 5.32 Å². The average molecular weight is 800 g/mol. The number of rotatable bonds is 45. The van der Waals surface area contributed by atoms with Crippen LogP contribution in [-0.4, -0.2) is 46.1 Å². The van der Waals surface area contributed by atoms with Crippen LogP contribution in [0.2, 0.25) is 0 Å². The number of aliphatic hydroxyl groups is 3. The molecule has 334 valence electrons. The van der Waals surface area contributed by atoms with Crippen LogP contribution in [0.4, 0.5) is 0 Å². The van der Waals surface area contributed by atoms with Gasteiger partial charge in [0.2, 0.25) is 5.91 Å². The fraction of sp³-hybridized carbons (Fsp3) is 0.827. The van der Waals surface area contributed by atoms with Crippen molar-refractivity contribution in [2.75, 3.05) is 6.61 Å². The van der Waals surface area contributed by atoms with E-state index in [2.05, 4.69) is 55.6 Å². The van der Waals surface area contributed by atoms with E-state index in [0.717, 1.165) is 44.9 Å². The molecule has 1 amide bonds. The Labute approximate surface area is 355 Å². The maximum absolute atomic E-state index is 12.5. The lowest BCUT2D eigenvalue weighted by atomic mass is 10.0. The van der Waals surface area contributed by atoms with Gasteiger partial charge in [0.05, 0.1) is 18.8 Å². The minimum absolute atomic E-state index is 0.384. The maximum atomic E-state index is 12.5. The monoisotopic (exact) mass is 800 g/mol. The number of carbonyl (C=O) groups excluding carboxylic acids is 1. The lowest BCUT2D eigenvalue weighted by Gasteiger charge is -2.21. The van der Waals surface area contributed by atoms with E-state index in [-0.39, 0.29) is 6.61 Å². The van der Waals surface area contributed by atoms with Crippen molar-refractivity contribution in [3.05, 3.63) is 48.6 Å². The summed E-state index contributed by atoms with van der Waals surface area (Å²) in [6, 6.07) is -0.825. The Morgan fingerprint density at radius 2 is 0.719 bits per heavy atom. The van der Waals surface area contributed by atoms with Crippen molar-refractivity contribution >= 4 is 5.91 Å². The SMILES string of the molecule is CCCCCCCCCCCCC/C=C\CCCCCCCCC(O)C(=O)NC(CO)C(O)/C=C/CC/C=C/CC/C=C/CCCCCCCCCCCCCC. The number of hydrogen-bond donors (Lipinski definition) is 4. The highest BCUT2D eigenvalue weighted by Crippen LogP contribution is 2.15. The summed E-state index contributed by atoms with van der Waals surface area (Å²) in [5, 5.41) is 33.2. The summed E-state index contributed by atoms with van der Waals surface area (Å²) >= 11 is 0. The summed E-state index contributed by atoms with van der Waals surface area (Å²) in [5.74, 6) is -0.521. The predicted octanol–water partition coefficient (Wildman–Crippen LogP) is 14.9. The number of carbonyl (C=O) groups is 1. The molecule has 0 aromatic carbocycles. The second kappa shape index (κ2) is 47.0. The lowest BCUT2D eigenvalue weighted by Crippen LogP contribution is -2.48. The molecule has 0 saturated carbocycles. The van der Waals surface area contributed by atoms with Crippen LogP contribution in [0.15, 0.2) is 48.6 Å². The third-order valence-corrected chi connectivity index (χ3v) is 11.4. The Hall–Kier alpha value is -1.69. The molecule has 4 N–H and O–H groups in total. The molecule has 0 aromatic heterocycles. The highest BCUT2D eigenvalue weighted by Gasteiger charge is 2.22. The van der Waals surface area contributed by atoms with Gasteiger partial charge in [0, 0.05) is 0 Å². The summed E-state index contributed by atoms with van der Waals surface area (Å²) in [6.45, 7) is 4.18. The maximum Gasteiger partial charge on any atom is 0.249 e. The second-order valence-electron chi connectivity index (χ2n) is 17.0. The van der Waals surface area contributed by atoms with E-state index in [4.69, 9.17) is 0 Å². The Balaban J connectivity index is 3.71. The van der Waals surface area contributed by atoms with Crippen molar-refractivity contribution in [2.24, 2.45) is 0 Å². The molecule has 0 saturated heterocycles. The minimum Gasteiger partial charge on any atom is -0.394 e. The molecule has 5 nitrogen and oxygen atoms in total. The molecule has 57 heavy (non-hydrogen) atoms. The Bertz CT molecular complexity index is 927. The Kier molecular flexibility index (Phi) is 45.6. The number of nitrogens with one attached hydrogen (secondary N) is 1. The highest BCUT2D eigenvalue weighted by atomic mass is 16.3. The van der Waals surface area contributed by atoms with Crippen LogP contribution in [0.5, 0.6) is 0 Å². The van der Waals surface area contributed by atoms with Crippen molar-refractivity contribution < 1.29 is 20.1 Å². The number of unbranched alkanes of at least 4 members (excludes halogenated alkanes) is 31. The van der Waals surface area contributed by atoms with Crippen LogP contribution in [-0.2, 0) is 4.79 Å². The van der Waals surface area contributed by atoms with Crippen LogP contribution >= 0.6 is 0 Å². The summed E-state index contributed by atoms with van der Waals surface area (Å²) in [6.07, 6.45) is 61.6. The topological polar surface area (TPSA) is 89.8 Å². The molecule has 0 bridgehead atoms. The van der Waals surface area contributed by atoms with Gasteiger partial charge < -0.3 is 20.6 Å². The van der Waals surface area contributed by atoms with E-state index in [9.17, 15) is 20.1 Å². The third kappa shape index (κ3) is 42.2. The van der Waals surface area contributed by atoms with Gasteiger partial charge in [-0.25, -0.2) is 0 Å². The standard InChI is InChI=1S/C52H97NO4/c1-3-5-7-9-11-13-15-17-19-21-23-25-27-28-30-32-34-36-38-40-42-44-46-50(55)49(48-54)53-52(57)51(56)47-45-43-41-39-37-35-33-31-29-26-24-22-20-18-16-14-12-10-8-6-4-2/h28-31,36,38,44,46,49-51,54-56H,3-27,32-35,37,39-43,45,47-48H2,1-2H3,(H,53,57)/b30-28+,31-29-,38-36+,46-44+. The second-order valence-corrected chi connectivity index (χ2v) is 17.0. The van der Waals surface area contributed by atoms with Gasteiger partial charge >= 0.3 is 0 Å². The third-order valence-electron chi connectivity index (χ3n) is 11.4. The normalized spacial score (nSPS) is 13.8. The van der Waals surface area contributed by atoms with Crippen LogP contribution in [0.1, 0.15) is 251 Å². The molecular weight excluding hydrogens is 703 g/mol. The van der Waals surface area contributed by atoms with Crippen molar-refractivity contribution in [3.8, 4) is 0 Å². The average Bonchev–Trinajstić information content (AvgIpc) is 3.22. The van der Waals surface area contributed by atoms with Crippen LogP contribution in [0.3, 0.4) is 0 Å². The summed E-state index contributed by atoms with van der Waals surface area (Å²) < 4.78 is 0. The van der Waals surface area contributed by atoms with E-state index in [1.165, 1.54) is 186 Å². The van der Waals surface area contributed by atoms with Gasteiger partial charge in [0.15, 0.2) is 0 Å². The highest BCUT2D eigenvalue weighted by molar-refractivity contribution is 5.80. The van der Waals surface area contributed by atoms with Gasteiger partial charge in [-0.2, -0.15) is 0 Å². The predicted molar refractivity (Wildman–Crippen MR) is 250 cm³/mol. The smallest absolute Gasteiger partial charge is 0.249 e. The summed E-state index contributed by atoms with van der Waals surface area (Å²) in [4.78, 5) is 12.5. The molecule has 3 atom stereocenters. The van der Waals surface area contributed by atoms with Crippen LogP contribution in [0.25, 0.3) is 0 Å². The fourth-order valence-corrected chi connectivity index (χ4v) is 7.45. The molecule has 0 heterocycles. The molecule has 0 aromatic rings. The first-order valence-corrected chi connectivity index (χ1v) is 25.0. The zero-order valence-electron chi connectivity index (χ0n) is 38.0. The number of aliphatic hydroxyl groups excluding tert-OH is 3. The van der Waals surface area contributed by atoms with Gasteiger partial charge in [0.25, 0.3) is 0 Å². The van der Waals surface area contributed by atoms with Crippen molar-refractivity contribution in [2.45, 2.75) is 270 Å². The Morgan fingerprint density at radius 1 is 0.421 bits per heavy atom. The minimum atomic E-state index is -1.12. The van der Waals surface area contributed by atoms with Crippen LogP contribution < -0.4 is 5.32 Å². The first kappa shape index (κ1) is 55.3. The van der Waals surface area contributed by atoms with Gasteiger partial charge in [0.1, 0.15) is 6.10 Å². The Morgan fingerprint density at radius 3 is 1.07 bits per heavy atom. The number of allylic oxidation sites excluding steroid dienone is 7. The van der Waals surface area contributed by atoms with Gasteiger partial charge in [-0.15, -0.1) is 0 Å². The lowest BCUT2D eigenvalue weighted by molar-refractivity contribution is -0.131. The fourth-order valence-electron chi connectivity index (χ4n) is 7.45. The number of hydrogen-bond acceptors (Lipinski definition) is 4. The van der Waals surface area contributed by atoms with E-state index >= 15 is 0 Å². The molecule has 3 unspecified atom stereocenters. The van der Waals surface area contributed by atoms with Gasteiger partial charge in [-0.1, -0.05) is 229 Å². The van der Waals surface area contributed by atoms with E-state index in [1.54, 1.807) is 6.08 Å². The molecular formula is C52H97NO4. The largest absolute Gasteiger partial charge is 0.394 e. The molecule has 0 fully saturated rings. The quantitative estimate of drug-likeness (QED) is 0.0365. The molecule has 5 heteroatoms. The molecule has 0 radical (unpaired) electrons. The molecule has 0 spiro atoms.